The van der Waals surface area contributed by atoms with E-state index in [2.05, 4.69) is 9.97 Å². The summed E-state index contributed by atoms with van der Waals surface area (Å²) >= 11 is 1.65. The highest BCUT2D eigenvalue weighted by Gasteiger charge is 2.05. The van der Waals surface area contributed by atoms with Crippen molar-refractivity contribution in [3.05, 3.63) is 42.4 Å². The number of methoxy groups -OCH3 is 1. The molecule has 3 rings (SSSR count). The molecule has 18 heavy (non-hydrogen) atoms. The minimum absolute atomic E-state index is 0.831. The molecule has 92 valence electrons. The molecular formula is C13H12N2O2S. The molecule has 1 aromatic carbocycles. The third-order valence-electron chi connectivity index (χ3n) is 2.62. The molecule has 0 aliphatic heterocycles. The molecule has 3 aromatic rings. The molecule has 1 N–H and O–H groups in total. The predicted molar refractivity (Wildman–Crippen MR) is 70.9 cm³/mol. The Kier molecular flexibility index (Phi) is 2.98. The first kappa shape index (κ1) is 11.2. The zero-order chi connectivity index (χ0) is 12.4. The summed E-state index contributed by atoms with van der Waals surface area (Å²) in [7, 11) is 1.66. The van der Waals surface area contributed by atoms with Gasteiger partial charge in [-0.05, 0) is 18.2 Å². The standard InChI is InChI=1S/C13H12N2O2S/c1-16-10-2-3-11-12(6-10)15-13(14-11)18-8-9-4-5-17-7-9/h2-7H,8H2,1H3,(H,14,15). The monoisotopic (exact) mass is 260 g/mol. The van der Waals surface area contributed by atoms with Crippen LogP contribution >= 0.6 is 11.8 Å². The van der Waals surface area contributed by atoms with Crippen molar-refractivity contribution in [3.8, 4) is 5.75 Å². The number of hydrogen-bond donors (Lipinski definition) is 1. The first-order chi connectivity index (χ1) is 8.85. The van der Waals surface area contributed by atoms with Crippen molar-refractivity contribution in [2.75, 3.05) is 7.11 Å². The molecule has 2 aromatic heterocycles. The van der Waals surface area contributed by atoms with Gasteiger partial charge in [0, 0.05) is 17.4 Å². The van der Waals surface area contributed by atoms with E-state index in [0.29, 0.717) is 0 Å². The fourth-order valence-corrected chi connectivity index (χ4v) is 2.50. The lowest BCUT2D eigenvalue weighted by molar-refractivity contribution is 0.415. The van der Waals surface area contributed by atoms with Gasteiger partial charge in [-0.25, -0.2) is 4.98 Å². The third kappa shape index (κ3) is 2.22. The van der Waals surface area contributed by atoms with Crippen molar-refractivity contribution in [2.45, 2.75) is 10.9 Å². The average Bonchev–Trinajstić information content (AvgIpc) is 3.04. The summed E-state index contributed by atoms with van der Waals surface area (Å²) in [6.07, 6.45) is 3.43. The Labute approximate surface area is 108 Å². The summed E-state index contributed by atoms with van der Waals surface area (Å²) in [6, 6.07) is 7.77. The molecule has 0 aliphatic rings. The number of fused-ring (bicyclic) bond motifs is 1. The van der Waals surface area contributed by atoms with Crippen molar-refractivity contribution >= 4 is 22.8 Å². The predicted octanol–water partition coefficient (Wildman–Crippen LogP) is 3.46. The second kappa shape index (κ2) is 4.78. The van der Waals surface area contributed by atoms with Gasteiger partial charge < -0.3 is 14.1 Å². The maximum absolute atomic E-state index is 5.18. The lowest BCUT2D eigenvalue weighted by atomic mass is 10.3. The van der Waals surface area contributed by atoms with E-state index in [1.807, 2.05) is 24.3 Å². The number of H-pyrrole nitrogens is 1. The maximum Gasteiger partial charge on any atom is 0.166 e. The minimum atomic E-state index is 0.831. The number of benzene rings is 1. The van der Waals surface area contributed by atoms with Gasteiger partial charge in [-0.1, -0.05) is 11.8 Å². The number of aromatic nitrogens is 2. The quantitative estimate of drug-likeness (QED) is 0.730. The van der Waals surface area contributed by atoms with Gasteiger partial charge in [0.1, 0.15) is 5.75 Å². The highest BCUT2D eigenvalue weighted by molar-refractivity contribution is 7.98. The lowest BCUT2D eigenvalue weighted by Gasteiger charge is -1.96. The van der Waals surface area contributed by atoms with Crippen molar-refractivity contribution < 1.29 is 9.15 Å². The van der Waals surface area contributed by atoms with Gasteiger partial charge in [-0.15, -0.1) is 0 Å². The SMILES string of the molecule is COc1ccc2nc(SCc3ccoc3)[nH]c2c1. The van der Waals surface area contributed by atoms with E-state index in [-0.39, 0.29) is 0 Å². The number of ether oxygens (including phenoxy) is 1. The summed E-state index contributed by atoms with van der Waals surface area (Å²) in [5, 5.41) is 0.902. The molecule has 0 saturated carbocycles. The van der Waals surface area contributed by atoms with Crippen LogP contribution in [-0.2, 0) is 5.75 Å². The number of nitrogens with zero attached hydrogens (tertiary/aromatic N) is 1. The number of rotatable bonds is 4. The highest BCUT2D eigenvalue weighted by atomic mass is 32.2. The van der Waals surface area contributed by atoms with Crippen LogP contribution in [0.1, 0.15) is 5.56 Å². The Balaban J connectivity index is 1.80. The van der Waals surface area contributed by atoms with Gasteiger partial charge in [0.2, 0.25) is 0 Å². The molecule has 0 aliphatic carbocycles. The van der Waals surface area contributed by atoms with Gasteiger partial charge in [-0.3, -0.25) is 0 Å². The lowest BCUT2D eigenvalue weighted by Crippen LogP contribution is -1.81. The Morgan fingerprint density at radius 2 is 2.33 bits per heavy atom. The zero-order valence-electron chi connectivity index (χ0n) is 9.84. The number of nitrogens with one attached hydrogen (secondary N) is 1. The van der Waals surface area contributed by atoms with Crippen molar-refractivity contribution in [1.82, 2.24) is 9.97 Å². The smallest absolute Gasteiger partial charge is 0.166 e. The van der Waals surface area contributed by atoms with Gasteiger partial charge >= 0.3 is 0 Å². The zero-order valence-corrected chi connectivity index (χ0v) is 10.7. The third-order valence-corrected chi connectivity index (χ3v) is 3.57. The minimum Gasteiger partial charge on any atom is -0.497 e. The fraction of sp³-hybridized carbons (Fsp3) is 0.154. The van der Waals surface area contributed by atoms with E-state index in [1.165, 1.54) is 0 Å². The first-order valence-corrected chi connectivity index (χ1v) is 6.51. The maximum atomic E-state index is 5.18. The van der Waals surface area contributed by atoms with E-state index in [1.54, 1.807) is 31.4 Å². The molecule has 0 amide bonds. The Hall–Kier alpha value is -1.88. The largest absolute Gasteiger partial charge is 0.497 e. The highest BCUT2D eigenvalue weighted by Crippen LogP contribution is 2.25. The van der Waals surface area contributed by atoms with Crippen LogP contribution in [0.5, 0.6) is 5.75 Å². The van der Waals surface area contributed by atoms with Crippen LogP contribution in [0.2, 0.25) is 0 Å². The molecule has 5 heteroatoms. The summed E-state index contributed by atoms with van der Waals surface area (Å²) in [5.74, 6) is 1.67. The molecular weight excluding hydrogens is 248 g/mol. The van der Waals surface area contributed by atoms with E-state index >= 15 is 0 Å². The second-order valence-electron chi connectivity index (χ2n) is 3.85. The summed E-state index contributed by atoms with van der Waals surface area (Å²) in [4.78, 5) is 7.78. The van der Waals surface area contributed by atoms with Crippen molar-refractivity contribution in [2.24, 2.45) is 0 Å². The molecule has 0 spiro atoms. The van der Waals surface area contributed by atoms with Gasteiger partial charge in [0.15, 0.2) is 5.16 Å². The van der Waals surface area contributed by atoms with Crippen LogP contribution in [0.15, 0.2) is 46.4 Å². The average molecular weight is 260 g/mol. The molecule has 0 unspecified atom stereocenters. The molecule has 2 heterocycles. The summed E-state index contributed by atoms with van der Waals surface area (Å²) in [6.45, 7) is 0. The van der Waals surface area contributed by atoms with Crippen LogP contribution < -0.4 is 4.74 Å². The Bertz CT molecular complexity index is 646. The van der Waals surface area contributed by atoms with Crippen molar-refractivity contribution in [1.29, 1.82) is 0 Å². The second-order valence-corrected chi connectivity index (χ2v) is 4.81. The van der Waals surface area contributed by atoms with E-state index in [4.69, 9.17) is 9.15 Å². The van der Waals surface area contributed by atoms with Crippen LogP contribution in [0.4, 0.5) is 0 Å². The van der Waals surface area contributed by atoms with Gasteiger partial charge in [-0.2, -0.15) is 0 Å². The number of furan rings is 1. The van der Waals surface area contributed by atoms with Crippen LogP contribution in [0, 0.1) is 0 Å². The van der Waals surface area contributed by atoms with Gasteiger partial charge in [0.25, 0.3) is 0 Å². The molecule has 0 atom stereocenters. The summed E-state index contributed by atoms with van der Waals surface area (Å²) < 4.78 is 10.2. The van der Waals surface area contributed by atoms with E-state index in [0.717, 1.165) is 33.3 Å². The van der Waals surface area contributed by atoms with Gasteiger partial charge in [0.05, 0.1) is 30.7 Å². The van der Waals surface area contributed by atoms with Crippen LogP contribution in [0.25, 0.3) is 11.0 Å². The van der Waals surface area contributed by atoms with E-state index in [9.17, 15) is 0 Å². The molecule has 0 bridgehead atoms. The number of hydrogen-bond acceptors (Lipinski definition) is 4. The number of imidazole rings is 1. The molecule has 0 radical (unpaired) electrons. The molecule has 4 nitrogen and oxygen atoms in total. The van der Waals surface area contributed by atoms with E-state index < -0.39 is 0 Å². The Morgan fingerprint density at radius 1 is 1.39 bits per heavy atom. The summed E-state index contributed by atoms with van der Waals surface area (Å²) in [5.41, 5.74) is 3.09. The molecule has 0 saturated heterocycles. The fourth-order valence-electron chi connectivity index (χ4n) is 1.69. The first-order valence-electron chi connectivity index (χ1n) is 5.53. The molecule has 0 fully saturated rings. The Morgan fingerprint density at radius 3 is 3.11 bits per heavy atom. The topological polar surface area (TPSA) is 51.1 Å². The van der Waals surface area contributed by atoms with Crippen LogP contribution in [-0.4, -0.2) is 17.1 Å². The van der Waals surface area contributed by atoms with Crippen molar-refractivity contribution in [3.63, 3.8) is 0 Å². The normalized spacial score (nSPS) is 10.9. The number of thioether (sulfide) groups is 1. The number of aromatic amines is 1. The van der Waals surface area contributed by atoms with Crippen LogP contribution in [0.3, 0.4) is 0 Å².